The number of H-pyrrole nitrogens is 1. The SMILES string of the molecule is Cc1cc(C)c2[nH]c(C)c(CC(=O)N[C@@H](C)c3cn4ncsc4n3)c2c1. The van der Waals surface area contributed by atoms with E-state index in [9.17, 15) is 4.79 Å². The predicted molar refractivity (Wildman–Crippen MR) is 104 cm³/mol. The van der Waals surface area contributed by atoms with E-state index < -0.39 is 0 Å². The minimum atomic E-state index is -0.162. The molecule has 0 radical (unpaired) electrons. The average Bonchev–Trinajstić information content (AvgIpc) is 3.23. The Bertz CT molecular complexity index is 1090. The van der Waals surface area contributed by atoms with Gasteiger partial charge in [-0.3, -0.25) is 4.79 Å². The summed E-state index contributed by atoms with van der Waals surface area (Å²) in [5.41, 5.74) is 8.19. The topological polar surface area (TPSA) is 75.1 Å². The van der Waals surface area contributed by atoms with Crippen LogP contribution in [0, 0.1) is 20.8 Å². The molecule has 134 valence electrons. The molecule has 4 aromatic rings. The Kier molecular flexibility index (Phi) is 4.03. The summed E-state index contributed by atoms with van der Waals surface area (Å²) in [5.74, 6) is -0.00928. The molecule has 3 heterocycles. The van der Waals surface area contributed by atoms with Gasteiger partial charge in [-0.25, -0.2) is 9.50 Å². The molecule has 0 unspecified atom stereocenters. The van der Waals surface area contributed by atoms with Crippen molar-refractivity contribution in [1.82, 2.24) is 24.9 Å². The van der Waals surface area contributed by atoms with Crippen LogP contribution in [0.5, 0.6) is 0 Å². The van der Waals surface area contributed by atoms with E-state index in [1.807, 2.05) is 20.0 Å². The third-order valence-electron chi connectivity index (χ3n) is 4.73. The van der Waals surface area contributed by atoms with Crippen molar-refractivity contribution in [2.75, 3.05) is 0 Å². The quantitative estimate of drug-likeness (QED) is 0.578. The fourth-order valence-corrected chi connectivity index (χ4v) is 4.06. The third-order valence-corrected chi connectivity index (χ3v) is 5.42. The summed E-state index contributed by atoms with van der Waals surface area (Å²) >= 11 is 1.48. The van der Waals surface area contributed by atoms with Crippen molar-refractivity contribution in [3.8, 4) is 0 Å². The number of fused-ring (bicyclic) bond motifs is 2. The molecule has 1 aromatic carbocycles. The lowest BCUT2D eigenvalue weighted by atomic mass is 10.0. The number of nitrogens with one attached hydrogen (secondary N) is 2. The molecule has 0 spiro atoms. The first kappa shape index (κ1) is 16.8. The number of aryl methyl sites for hydroxylation is 3. The van der Waals surface area contributed by atoms with Crippen molar-refractivity contribution in [3.05, 3.63) is 51.9 Å². The molecule has 3 aromatic heterocycles. The van der Waals surface area contributed by atoms with Gasteiger partial charge in [0.1, 0.15) is 5.51 Å². The van der Waals surface area contributed by atoms with Gasteiger partial charge in [0.25, 0.3) is 0 Å². The predicted octanol–water partition coefficient (Wildman–Crippen LogP) is 3.62. The second kappa shape index (κ2) is 6.25. The summed E-state index contributed by atoms with van der Waals surface area (Å²) in [4.78, 5) is 21.4. The fraction of sp³-hybridized carbons (Fsp3) is 0.316. The van der Waals surface area contributed by atoms with Crippen LogP contribution in [0.1, 0.15) is 41.0 Å². The Morgan fingerprint density at radius 3 is 2.92 bits per heavy atom. The minimum Gasteiger partial charge on any atom is -0.358 e. The van der Waals surface area contributed by atoms with Crippen molar-refractivity contribution >= 4 is 33.1 Å². The number of aromatic amines is 1. The number of aromatic nitrogens is 4. The van der Waals surface area contributed by atoms with Crippen molar-refractivity contribution in [2.24, 2.45) is 0 Å². The van der Waals surface area contributed by atoms with Crippen LogP contribution in [0.15, 0.2) is 23.8 Å². The highest BCUT2D eigenvalue weighted by molar-refractivity contribution is 7.14. The molecule has 0 fully saturated rings. The highest BCUT2D eigenvalue weighted by Crippen LogP contribution is 2.27. The molecular weight excluding hydrogens is 346 g/mol. The van der Waals surface area contributed by atoms with Crippen LogP contribution in [-0.2, 0) is 11.2 Å². The Labute approximate surface area is 155 Å². The Morgan fingerprint density at radius 1 is 1.35 bits per heavy atom. The molecule has 7 heteroatoms. The van der Waals surface area contributed by atoms with Gasteiger partial charge in [-0.05, 0) is 44.9 Å². The molecule has 1 atom stereocenters. The highest BCUT2D eigenvalue weighted by Gasteiger charge is 2.18. The number of benzene rings is 1. The zero-order chi connectivity index (χ0) is 18.4. The van der Waals surface area contributed by atoms with Crippen LogP contribution < -0.4 is 5.32 Å². The summed E-state index contributed by atoms with van der Waals surface area (Å²) in [6.45, 7) is 8.14. The Hall–Kier alpha value is -2.67. The first-order chi connectivity index (χ1) is 12.4. The standard InChI is InChI=1S/C19H21N5OS/c1-10-5-11(2)18-15(6-10)14(12(3)22-18)7-17(25)21-13(4)16-8-24-19(23-16)26-9-20-24/h5-6,8-9,13,22H,7H2,1-4H3,(H,21,25)/t13-/m0/s1. The van der Waals surface area contributed by atoms with E-state index in [0.29, 0.717) is 6.42 Å². The Morgan fingerprint density at radius 2 is 2.15 bits per heavy atom. The van der Waals surface area contributed by atoms with E-state index in [2.05, 4.69) is 46.4 Å². The molecule has 0 aliphatic carbocycles. The van der Waals surface area contributed by atoms with Crippen LogP contribution in [0.2, 0.25) is 0 Å². The molecule has 2 N–H and O–H groups in total. The maximum atomic E-state index is 12.6. The van der Waals surface area contributed by atoms with Crippen LogP contribution in [0.4, 0.5) is 0 Å². The third kappa shape index (κ3) is 2.88. The summed E-state index contributed by atoms with van der Waals surface area (Å²) in [6.07, 6.45) is 2.21. The number of hydrogen-bond donors (Lipinski definition) is 2. The smallest absolute Gasteiger partial charge is 0.225 e. The van der Waals surface area contributed by atoms with E-state index >= 15 is 0 Å². The zero-order valence-electron chi connectivity index (χ0n) is 15.3. The maximum absolute atomic E-state index is 12.6. The highest BCUT2D eigenvalue weighted by atomic mass is 32.1. The lowest BCUT2D eigenvalue weighted by Crippen LogP contribution is -2.28. The van der Waals surface area contributed by atoms with Crippen LogP contribution in [0.3, 0.4) is 0 Å². The second-order valence-electron chi connectivity index (χ2n) is 6.83. The number of nitrogens with zero attached hydrogens (tertiary/aromatic N) is 3. The molecular formula is C19H21N5OS. The van der Waals surface area contributed by atoms with Gasteiger partial charge in [-0.1, -0.05) is 23.0 Å². The summed E-state index contributed by atoms with van der Waals surface area (Å²) in [6, 6.07) is 4.14. The minimum absolute atomic E-state index is 0.00928. The van der Waals surface area contributed by atoms with Crippen LogP contribution in [-0.4, -0.2) is 25.5 Å². The van der Waals surface area contributed by atoms with Gasteiger partial charge in [0, 0.05) is 16.6 Å². The van der Waals surface area contributed by atoms with Gasteiger partial charge in [0.05, 0.1) is 24.4 Å². The van der Waals surface area contributed by atoms with Gasteiger partial charge >= 0.3 is 0 Å². The van der Waals surface area contributed by atoms with Crippen molar-refractivity contribution < 1.29 is 4.79 Å². The molecule has 0 saturated heterocycles. The van der Waals surface area contributed by atoms with Crippen LogP contribution in [0.25, 0.3) is 15.9 Å². The molecule has 1 amide bonds. The van der Waals surface area contributed by atoms with Crippen molar-refractivity contribution in [1.29, 1.82) is 0 Å². The summed E-state index contributed by atoms with van der Waals surface area (Å²) in [7, 11) is 0. The average molecular weight is 367 g/mol. The van der Waals surface area contributed by atoms with E-state index in [4.69, 9.17) is 0 Å². The number of carbonyl (C=O) groups is 1. The molecule has 26 heavy (non-hydrogen) atoms. The van der Waals surface area contributed by atoms with Crippen molar-refractivity contribution in [2.45, 2.75) is 40.2 Å². The fourth-order valence-electron chi connectivity index (χ4n) is 3.46. The first-order valence-corrected chi connectivity index (χ1v) is 9.47. The van der Waals surface area contributed by atoms with E-state index in [0.717, 1.165) is 32.8 Å². The largest absolute Gasteiger partial charge is 0.358 e. The lowest BCUT2D eigenvalue weighted by Gasteiger charge is -2.11. The molecule has 0 saturated carbocycles. The zero-order valence-corrected chi connectivity index (χ0v) is 16.1. The van der Waals surface area contributed by atoms with Gasteiger partial charge in [0.15, 0.2) is 0 Å². The second-order valence-corrected chi connectivity index (χ2v) is 7.64. The van der Waals surface area contributed by atoms with Gasteiger partial charge in [-0.15, -0.1) is 0 Å². The summed E-state index contributed by atoms with van der Waals surface area (Å²) < 4.78 is 1.73. The number of rotatable bonds is 4. The van der Waals surface area contributed by atoms with E-state index in [1.54, 1.807) is 10.0 Å². The number of carbonyl (C=O) groups excluding carboxylic acids is 1. The van der Waals surface area contributed by atoms with E-state index in [1.165, 1.54) is 22.5 Å². The lowest BCUT2D eigenvalue weighted by molar-refractivity contribution is -0.121. The molecule has 6 nitrogen and oxygen atoms in total. The molecule has 0 bridgehead atoms. The molecule has 0 aliphatic heterocycles. The molecule has 0 aliphatic rings. The number of hydrogen-bond acceptors (Lipinski definition) is 4. The van der Waals surface area contributed by atoms with E-state index in [-0.39, 0.29) is 11.9 Å². The Balaban J connectivity index is 1.55. The van der Waals surface area contributed by atoms with Gasteiger partial charge in [0.2, 0.25) is 10.9 Å². The van der Waals surface area contributed by atoms with Crippen LogP contribution >= 0.6 is 11.3 Å². The number of amides is 1. The normalized spacial score (nSPS) is 12.8. The number of imidazole rings is 1. The van der Waals surface area contributed by atoms with Crippen molar-refractivity contribution in [3.63, 3.8) is 0 Å². The molecule has 4 rings (SSSR count). The maximum Gasteiger partial charge on any atom is 0.225 e. The first-order valence-electron chi connectivity index (χ1n) is 8.59. The van der Waals surface area contributed by atoms with Gasteiger partial charge in [-0.2, -0.15) is 5.10 Å². The van der Waals surface area contributed by atoms with Gasteiger partial charge < -0.3 is 10.3 Å². The monoisotopic (exact) mass is 367 g/mol. The summed E-state index contributed by atoms with van der Waals surface area (Å²) in [5, 5.41) is 8.37.